The van der Waals surface area contributed by atoms with Gasteiger partial charge in [-0.2, -0.15) is 0 Å². The number of rotatable bonds is 9. The van der Waals surface area contributed by atoms with Crippen LogP contribution in [0.4, 0.5) is 0 Å². The second-order valence-electron chi connectivity index (χ2n) is 7.20. The molecule has 3 rings (SSSR count). The van der Waals surface area contributed by atoms with E-state index in [-0.39, 0.29) is 23.8 Å². The predicted molar refractivity (Wildman–Crippen MR) is 134 cm³/mol. The summed E-state index contributed by atoms with van der Waals surface area (Å²) in [4.78, 5) is 28.9. The van der Waals surface area contributed by atoms with Crippen molar-refractivity contribution < 1.29 is 18.0 Å². The smallest absolute Gasteiger partial charge is 0.266 e. The number of nitrogens with one attached hydrogen (secondary N) is 2. The summed E-state index contributed by atoms with van der Waals surface area (Å²) in [6.45, 7) is 2.18. The zero-order chi connectivity index (χ0) is 23.8. The second-order valence-corrected chi connectivity index (χ2v) is 10.6. The van der Waals surface area contributed by atoms with E-state index in [9.17, 15) is 18.0 Å². The number of allylic oxidation sites excluding steroid dienone is 2. The molecule has 2 N–H and O–H groups in total. The summed E-state index contributed by atoms with van der Waals surface area (Å²) in [7, 11) is -3.84. The first-order chi connectivity index (χ1) is 15.8. The van der Waals surface area contributed by atoms with Gasteiger partial charge in [-0.25, -0.2) is 8.42 Å². The Bertz CT molecular complexity index is 1190. The Labute approximate surface area is 203 Å². The lowest BCUT2D eigenvalue weighted by Crippen LogP contribution is -2.41. The minimum atomic E-state index is -3.84. The van der Waals surface area contributed by atoms with Crippen LogP contribution in [0.1, 0.15) is 25.3 Å². The van der Waals surface area contributed by atoms with Crippen LogP contribution in [0.15, 0.2) is 82.1 Å². The summed E-state index contributed by atoms with van der Waals surface area (Å²) in [5.74, 6) is -0.701. The van der Waals surface area contributed by atoms with Gasteiger partial charge in [0.05, 0.1) is 9.80 Å². The molecule has 2 amide bonds. The van der Waals surface area contributed by atoms with Crippen LogP contribution >= 0.6 is 24.0 Å². The molecule has 1 saturated heterocycles. The highest BCUT2D eigenvalue weighted by molar-refractivity contribution is 8.26. The maximum atomic E-state index is 12.7. The summed E-state index contributed by atoms with van der Waals surface area (Å²) in [6.07, 6.45) is 4.14. The Kier molecular flexibility index (Phi) is 8.56. The fourth-order valence-corrected chi connectivity index (χ4v) is 5.24. The van der Waals surface area contributed by atoms with Crippen molar-refractivity contribution in [3.8, 4) is 0 Å². The van der Waals surface area contributed by atoms with Crippen LogP contribution in [-0.4, -0.2) is 36.0 Å². The Balaban J connectivity index is 1.49. The van der Waals surface area contributed by atoms with Crippen LogP contribution in [0.2, 0.25) is 0 Å². The molecule has 0 atom stereocenters. The van der Waals surface area contributed by atoms with E-state index in [1.165, 1.54) is 28.8 Å². The third-order valence-electron chi connectivity index (χ3n) is 4.59. The van der Waals surface area contributed by atoms with E-state index in [2.05, 4.69) is 10.3 Å². The molecule has 0 aliphatic carbocycles. The maximum Gasteiger partial charge on any atom is 0.266 e. The largest absolute Gasteiger partial charge is 0.293 e. The molecule has 0 spiro atoms. The molecular weight excluding hydrogens is 478 g/mol. The molecule has 1 fully saturated rings. The van der Waals surface area contributed by atoms with Crippen molar-refractivity contribution in [2.45, 2.75) is 24.7 Å². The molecule has 33 heavy (non-hydrogen) atoms. The first-order valence-corrected chi connectivity index (χ1v) is 12.8. The van der Waals surface area contributed by atoms with Crippen LogP contribution in [0.5, 0.6) is 0 Å². The number of sulfonamides is 1. The minimum absolute atomic E-state index is 0.0281. The van der Waals surface area contributed by atoms with Gasteiger partial charge in [0.25, 0.3) is 15.9 Å². The summed E-state index contributed by atoms with van der Waals surface area (Å²) < 4.78 is 24.7. The molecule has 0 aromatic heterocycles. The van der Waals surface area contributed by atoms with Gasteiger partial charge in [-0.05, 0) is 42.7 Å². The summed E-state index contributed by atoms with van der Waals surface area (Å²) in [5, 5.41) is 0. The normalized spacial score (nSPS) is 15.8. The number of hydrazine groups is 1. The molecule has 172 valence electrons. The number of hydrogen-bond donors (Lipinski definition) is 2. The van der Waals surface area contributed by atoms with Crippen molar-refractivity contribution in [2.75, 3.05) is 6.54 Å². The number of thioether (sulfide) groups is 1. The number of carbonyl (C=O) groups excluding carboxylic acids is 2. The number of hydrogen-bond acceptors (Lipinski definition) is 6. The molecule has 0 bridgehead atoms. The molecule has 0 unspecified atom stereocenters. The first kappa shape index (κ1) is 24.8. The van der Waals surface area contributed by atoms with Crippen molar-refractivity contribution in [1.29, 1.82) is 0 Å². The van der Waals surface area contributed by atoms with E-state index in [4.69, 9.17) is 12.2 Å². The lowest BCUT2D eigenvalue weighted by molar-refractivity contribution is -0.124. The van der Waals surface area contributed by atoms with Gasteiger partial charge in [-0.1, -0.05) is 78.6 Å². The van der Waals surface area contributed by atoms with Crippen molar-refractivity contribution in [3.05, 3.63) is 82.8 Å². The number of amides is 2. The lowest BCUT2D eigenvalue weighted by Gasteiger charge is -2.14. The molecule has 1 heterocycles. The van der Waals surface area contributed by atoms with Gasteiger partial charge in [-0.15, -0.1) is 4.83 Å². The molecule has 2 aromatic carbocycles. The van der Waals surface area contributed by atoms with Crippen molar-refractivity contribution in [1.82, 2.24) is 15.2 Å². The van der Waals surface area contributed by atoms with Gasteiger partial charge in [0.2, 0.25) is 5.91 Å². The van der Waals surface area contributed by atoms with Gasteiger partial charge in [0.15, 0.2) is 0 Å². The van der Waals surface area contributed by atoms with Gasteiger partial charge in [-0.3, -0.25) is 19.9 Å². The average Bonchev–Trinajstić information content (AvgIpc) is 3.06. The third kappa shape index (κ3) is 7.10. The van der Waals surface area contributed by atoms with Crippen LogP contribution in [0, 0.1) is 0 Å². The number of carbonyl (C=O) groups is 2. The molecule has 2 aromatic rings. The number of benzene rings is 2. The third-order valence-corrected chi connectivity index (χ3v) is 7.23. The molecule has 10 heteroatoms. The molecular formula is C23H23N3O4S3. The lowest BCUT2D eigenvalue weighted by atomic mass is 10.1. The highest BCUT2D eigenvalue weighted by atomic mass is 32.2. The minimum Gasteiger partial charge on any atom is -0.293 e. The van der Waals surface area contributed by atoms with E-state index in [0.717, 1.165) is 11.1 Å². The van der Waals surface area contributed by atoms with E-state index in [1.807, 2.05) is 43.3 Å². The topological polar surface area (TPSA) is 95.6 Å². The van der Waals surface area contributed by atoms with E-state index >= 15 is 0 Å². The van der Waals surface area contributed by atoms with Gasteiger partial charge in [0, 0.05) is 13.0 Å². The molecule has 0 saturated carbocycles. The van der Waals surface area contributed by atoms with E-state index < -0.39 is 15.9 Å². The SMILES string of the molecule is CC(/C=C1\SC(=S)N(CCCC(=O)NNS(=O)(=O)c2ccccc2)C1=O)=C\c1ccccc1. The second kappa shape index (κ2) is 11.4. The zero-order valence-electron chi connectivity index (χ0n) is 17.9. The quantitative estimate of drug-likeness (QED) is 0.310. The van der Waals surface area contributed by atoms with E-state index in [0.29, 0.717) is 15.6 Å². The first-order valence-electron chi connectivity index (χ1n) is 10.1. The highest BCUT2D eigenvalue weighted by Gasteiger charge is 2.31. The Morgan fingerprint density at radius 2 is 1.73 bits per heavy atom. The van der Waals surface area contributed by atoms with Crippen LogP contribution in [0.25, 0.3) is 6.08 Å². The molecule has 7 nitrogen and oxygen atoms in total. The number of nitrogens with zero attached hydrogens (tertiary/aromatic N) is 1. The number of thiocarbonyl (C=S) groups is 1. The molecule has 0 radical (unpaired) electrons. The summed E-state index contributed by atoms with van der Waals surface area (Å²) >= 11 is 6.55. The summed E-state index contributed by atoms with van der Waals surface area (Å²) in [5.41, 5.74) is 4.15. The van der Waals surface area contributed by atoms with E-state index in [1.54, 1.807) is 24.3 Å². The van der Waals surface area contributed by atoms with Crippen LogP contribution < -0.4 is 10.3 Å². The van der Waals surface area contributed by atoms with Gasteiger partial charge >= 0.3 is 0 Å². The standard InChI is InChI=1S/C23H23N3O4S3/c1-17(15-18-9-4-2-5-10-18)16-20-22(28)26(23(31)32-20)14-8-13-21(27)24-25-33(29,30)19-11-6-3-7-12-19/h2-7,9-12,15-16,25H,8,13-14H2,1H3,(H,24,27)/b17-15+,20-16-. The van der Waals surface area contributed by atoms with Gasteiger partial charge < -0.3 is 0 Å². The zero-order valence-corrected chi connectivity index (χ0v) is 20.3. The predicted octanol–water partition coefficient (Wildman–Crippen LogP) is 3.62. The molecule has 1 aliphatic heterocycles. The Morgan fingerprint density at radius 1 is 1.09 bits per heavy atom. The monoisotopic (exact) mass is 501 g/mol. The fourth-order valence-electron chi connectivity index (χ4n) is 3.00. The van der Waals surface area contributed by atoms with Gasteiger partial charge in [0.1, 0.15) is 4.32 Å². The maximum absolute atomic E-state index is 12.7. The highest BCUT2D eigenvalue weighted by Crippen LogP contribution is 2.32. The van der Waals surface area contributed by atoms with Crippen molar-refractivity contribution >= 4 is 56.2 Å². The Hall–Kier alpha value is -2.79. The van der Waals surface area contributed by atoms with Crippen LogP contribution in [-0.2, 0) is 19.6 Å². The Morgan fingerprint density at radius 3 is 2.39 bits per heavy atom. The average molecular weight is 502 g/mol. The molecule has 1 aliphatic rings. The van der Waals surface area contributed by atoms with Crippen molar-refractivity contribution in [3.63, 3.8) is 0 Å². The van der Waals surface area contributed by atoms with Crippen LogP contribution in [0.3, 0.4) is 0 Å². The van der Waals surface area contributed by atoms with Crippen molar-refractivity contribution in [2.24, 2.45) is 0 Å². The fraction of sp³-hybridized carbons (Fsp3) is 0.174. The summed E-state index contributed by atoms with van der Waals surface area (Å²) in [6, 6.07) is 17.5.